The maximum Gasteiger partial charge on any atom is 0.573 e. The number of fused-ring (bicyclic) bond motifs is 1. The van der Waals surface area contributed by atoms with Gasteiger partial charge in [-0.3, -0.25) is 4.40 Å². The second-order valence-corrected chi connectivity index (χ2v) is 7.62. The first-order chi connectivity index (χ1) is 15.6. The molecule has 1 saturated heterocycles. The maximum atomic E-state index is 13.9. The van der Waals surface area contributed by atoms with E-state index in [0.29, 0.717) is 24.7 Å². The lowest BCUT2D eigenvalue weighted by Crippen LogP contribution is -2.45. The normalized spacial score (nSPS) is 19.8. The van der Waals surface area contributed by atoms with Crippen LogP contribution in [0.4, 0.5) is 32.3 Å². The fourth-order valence-electron chi connectivity index (χ4n) is 3.86. The van der Waals surface area contributed by atoms with Gasteiger partial charge in [0.2, 0.25) is 5.95 Å². The van der Waals surface area contributed by atoms with Crippen LogP contribution in [0.1, 0.15) is 6.42 Å². The smallest absolute Gasteiger partial charge is 0.435 e. The van der Waals surface area contributed by atoms with Gasteiger partial charge in [-0.2, -0.15) is 8.78 Å². The highest BCUT2D eigenvalue weighted by molar-refractivity contribution is 5.81. The minimum absolute atomic E-state index is 0.0255. The molecule has 33 heavy (non-hydrogen) atoms. The first-order valence-corrected chi connectivity index (χ1v) is 9.87. The highest BCUT2D eigenvalue weighted by Crippen LogP contribution is 2.38. The van der Waals surface area contributed by atoms with E-state index < -0.39 is 30.6 Å². The van der Waals surface area contributed by atoms with Gasteiger partial charge >= 0.3 is 13.0 Å². The van der Waals surface area contributed by atoms with Gasteiger partial charge in [0.25, 0.3) is 0 Å². The number of likely N-dealkylation sites (tertiary alicyclic amines) is 1. The Morgan fingerprint density at radius 2 is 1.94 bits per heavy atom. The van der Waals surface area contributed by atoms with Gasteiger partial charge in [-0.05, 0) is 31.3 Å². The first-order valence-electron chi connectivity index (χ1n) is 9.87. The Morgan fingerprint density at radius 3 is 2.64 bits per heavy atom. The average molecular weight is 475 g/mol. The zero-order valence-electron chi connectivity index (χ0n) is 17.2. The van der Waals surface area contributed by atoms with Gasteiger partial charge in [0.05, 0.1) is 5.52 Å². The molecular weight excluding hydrogens is 456 g/mol. The lowest BCUT2D eigenvalue weighted by molar-refractivity contribution is -0.274. The predicted molar refractivity (Wildman–Crippen MR) is 106 cm³/mol. The molecule has 2 aromatic heterocycles. The lowest BCUT2D eigenvalue weighted by Gasteiger charge is -2.32. The van der Waals surface area contributed by atoms with E-state index >= 15 is 0 Å². The molecule has 1 aliphatic heterocycles. The van der Waals surface area contributed by atoms with Crippen molar-refractivity contribution in [2.75, 3.05) is 25.5 Å². The molecule has 0 saturated carbocycles. The van der Waals surface area contributed by atoms with Crippen LogP contribution in [-0.4, -0.2) is 64.8 Å². The van der Waals surface area contributed by atoms with Crippen LogP contribution >= 0.6 is 0 Å². The van der Waals surface area contributed by atoms with Crippen molar-refractivity contribution in [3.63, 3.8) is 0 Å². The molecule has 3 aromatic rings. The molecule has 0 bridgehead atoms. The molecule has 0 unspecified atom stereocenters. The largest absolute Gasteiger partial charge is 0.573 e. The van der Waals surface area contributed by atoms with Crippen LogP contribution in [0.2, 0.25) is 0 Å². The summed E-state index contributed by atoms with van der Waals surface area (Å²) in [6.45, 7) is -2.32. The zero-order chi connectivity index (χ0) is 23.8. The van der Waals surface area contributed by atoms with Gasteiger partial charge in [-0.15, -0.1) is 23.4 Å². The second-order valence-electron chi connectivity index (χ2n) is 7.62. The Hall–Kier alpha value is -3.22. The standard InChI is InChI=1S/C20H19F6N5O2/c1-30-9-11(21)7-12(10-30)27-19-29-28-17(15-3-2-6-31(15)19)14-5-4-13(32-18(22)23)8-16(14)33-20(24,25)26/h2-6,8,11-12,18H,7,9-10H2,1H3,(H,27,29)/t11-,12-/m1/s1. The Kier molecular flexibility index (Phi) is 6.23. The SMILES string of the molecule is CN1C[C@H](F)C[C@@H](Nc2nnc(-c3ccc(OC(F)F)cc3OC(F)(F)F)c3cccn23)C1. The monoisotopic (exact) mass is 475 g/mol. The van der Waals surface area contributed by atoms with E-state index in [-0.39, 0.29) is 29.7 Å². The molecule has 3 heterocycles. The van der Waals surface area contributed by atoms with Crippen molar-refractivity contribution in [1.29, 1.82) is 0 Å². The number of halogens is 6. The quantitative estimate of drug-likeness (QED) is 0.535. The van der Waals surface area contributed by atoms with Crippen molar-refractivity contribution in [3.05, 3.63) is 36.5 Å². The molecule has 1 aliphatic rings. The van der Waals surface area contributed by atoms with Crippen molar-refractivity contribution in [1.82, 2.24) is 19.5 Å². The molecule has 0 radical (unpaired) electrons. The summed E-state index contributed by atoms with van der Waals surface area (Å²) in [7, 11) is 1.80. The zero-order valence-corrected chi connectivity index (χ0v) is 17.2. The molecule has 7 nitrogen and oxygen atoms in total. The van der Waals surface area contributed by atoms with E-state index in [9.17, 15) is 26.3 Å². The third kappa shape index (κ3) is 5.41. The van der Waals surface area contributed by atoms with Crippen molar-refractivity contribution in [3.8, 4) is 22.8 Å². The second kappa shape index (κ2) is 8.96. The number of nitrogens with one attached hydrogen (secondary N) is 1. The summed E-state index contributed by atoms with van der Waals surface area (Å²) in [5.41, 5.74) is 0.276. The summed E-state index contributed by atoms with van der Waals surface area (Å²) in [6, 6.07) is 5.91. The third-order valence-electron chi connectivity index (χ3n) is 5.04. The van der Waals surface area contributed by atoms with Gasteiger partial charge in [-0.25, -0.2) is 4.39 Å². The van der Waals surface area contributed by atoms with Crippen molar-refractivity contribution in [2.45, 2.75) is 31.6 Å². The Labute approximate surface area is 183 Å². The van der Waals surface area contributed by atoms with Gasteiger partial charge in [0.15, 0.2) is 0 Å². The van der Waals surface area contributed by atoms with Crippen LogP contribution in [-0.2, 0) is 0 Å². The first kappa shape index (κ1) is 23.0. The molecule has 0 spiro atoms. The van der Waals surface area contributed by atoms with E-state index in [0.717, 1.165) is 12.1 Å². The number of alkyl halides is 6. The number of ether oxygens (including phenoxy) is 2. The maximum absolute atomic E-state index is 13.9. The predicted octanol–water partition coefficient (Wildman–Crippen LogP) is 4.35. The Balaban J connectivity index is 1.72. The summed E-state index contributed by atoms with van der Waals surface area (Å²) >= 11 is 0. The van der Waals surface area contributed by atoms with Gasteiger partial charge in [-0.1, -0.05) is 0 Å². The molecule has 4 rings (SSSR count). The molecule has 1 aromatic carbocycles. The number of benzene rings is 1. The van der Waals surface area contributed by atoms with Crippen molar-refractivity contribution >= 4 is 11.5 Å². The highest BCUT2D eigenvalue weighted by Gasteiger charge is 2.33. The van der Waals surface area contributed by atoms with E-state index in [1.54, 1.807) is 29.8 Å². The Bertz CT molecular complexity index is 1110. The molecule has 2 atom stereocenters. The van der Waals surface area contributed by atoms with Crippen molar-refractivity contribution < 1.29 is 35.8 Å². The van der Waals surface area contributed by atoms with E-state index in [1.165, 1.54) is 0 Å². The number of likely N-dealkylation sites (N-methyl/N-ethyl adjacent to an activating group) is 1. The summed E-state index contributed by atoms with van der Waals surface area (Å²) in [4.78, 5) is 1.84. The summed E-state index contributed by atoms with van der Waals surface area (Å²) in [5, 5.41) is 11.3. The minimum atomic E-state index is -5.08. The fourth-order valence-corrected chi connectivity index (χ4v) is 3.86. The number of hydrogen-bond donors (Lipinski definition) is 1. The van der Waals surface area contributed by atoms with E-state index in [4.69, 9.17) is 0 Å². The van der Waals surface area contributed by atoms with Crippen molar-refractivity contribution in [2.24, 2.45) is 0 Å². The summed E-state index contributed by atoms with van der Waals surface area (Å²) in [5.74, 6) is -0.997. The number of anilines is 1. The molecule has 178 valence electrons. The van der Waals surface area contributed by atoms with E-state index in [1.807, 2.05) is 4.90 Å². The van der Waals surface area contributed by atoms with Crippen LogP contribution in [0.5, 0.6) is 11.5 Å². The number of piperidine rings is 1. The molecule has 1 N–H and O–H groups in total. The van der Waals surface area contributed by atoms with Crippen LogP contribution in [0.15, 0.2) is 36.5 Å². The van der Waals surface area contributed by atoms with Gasteiger partial charge in [0, 0.05) is 43.4 Å². The van der Waals surface area contributed by atoms with Crippen LogP contribution in [0.3, 0.4) is 0 Å². The summed E-state index contributed by atoms with van der Waals surface area (Å²) in [6.07, 6.45) is -4.20. The molecule has 1 fully saturated rings. The number of hydrogen-bond acceptors (Lipinski definition) is 6. The number of nitrogens with zero attached hydrogens (tertiary/aromatic N) is 4. The topological polar surface area (TPSA) is 63.9 Å². The highest BCUT2D eigenvalue weighted by atomic mass is 19.4. The fraction of sp³-hybridized carbons (Fsp3) is 0.400. The summed E-state index contributed by atoms with van der Waals surface area (Å²) < 4.78 is 87.7. The van der Waals surface area contributed by atoms with Crippen LogP contribution in [0, 0.1) is 0 Å². The molecular formula is C20H19F6N5O2. The Morgan fingerprint density at radius 1 is 1.15 bits per heavy atom. The average Bonchev–Trinajstić information content (AvgIpc) is 3.17. The molecule has 0 aliphatic carbocycles. The van der Waals surface area contributed by atoms with Gasteiger partial charge in [0.1, 0.15) is 23.4 Å². The minimum Gasteiger partial charge on any atom is -0.435 e. The van der Waals surface area contributed by atoms with E-state index in [2.05, 4.69) is 25.0 Å². The molecule has 0 amide bonds. The lowest BCUT2D eigenvalue weighted by atomic mass is 10.1. The molecule has 13 heteroatoms. The van der Waals surface area contributed by atoms with Crippen LogP contribution in [0.25, 0.3) is 16.8 Å². The third-order valence-corrected chi connectivity index (χ3v) is 5.04. The number of rotatable bonds is 6. The van der Waals surface area contributed by atoms with Crippen LogP contribution < -0.4 is 14.8 Å². The van der Waals surface area contributed by atoms with Gasteiger partial charge < -0.3 is 19.7 Å². The number of aromatic nitrogens is 3.